The van der Waals surface area contributed by atoms with Crippen LogP contribution in [-0.2, 0) is 16.1 Å². The fourth-order valence-corrected chi connectivity index (χ4v) is 4.36. The molecule has 0 saturated carbocycles. The van der Waals surface area contributed by atoms with Gasteiger partial charge in [0, 0.05) is 13.1 Å². The Morgan fingerprint density at radius 3 is 2.69 bits per heavy atom. The fourth-order valence-electron chi connectivity index (χ4n) is 3.63. The zero-order chi connectivity index (χ0) is 24.6. The van der Waals surface area contributed by atoms with Crippen molar-refractivity contribution < 1.29 is 19.2 Å². The summed E-state index contributed by atoms with van der Waals surface area (Å²) in [5, 5.41) is 23.4. The molecule has 3 aromatic rings. The number of hydrogen-bond acceptors (Lipinski definition) is 9. The first-order valence-electron chi connectivity index (χ1n) is 11.2. The number of hydrogen-bond donors (Lipinski definition) is 1. The molecule has 0 bridgehead atoms. The van der Waals surface area contributed by atoms with Gasteiger partial charge in [-0.1, -0.05) is 42.1 Å². The predicted octanol–water partition coefficient (Wildman–Crippen LogP) is 3.20. The summed E-state index contributed by atoms with van der Waals surface area (Å²) in [4.78, 5) is 25.7. The molecule has 0 spiro atoms. The van der Waals surface area contributed by atoms with Gasteiger partial charge in [-0.05, 0) is 24.6 Å². The van der Waals surface area contributed by atoms with Crippen LogP contribution in [0.4, 0.5) is 17.3 Å². The topological polar surface area (TPSA) is 125 Å². The van der Waals surface area contributed by atoms with Crippen molar-refractivity contribution in [3.05, 3.63) is 64.2 Å². The molecular formula is C23H26N6O5S. The number of aromatic nitrogens is 3. The van der Waals surface area contributed by atoms with Crippen LogP contribution >= 0.6 is 11.8 Å². The van der Waals surface area contributed by atoms with Crippen LogP contribution in [0.1, 0.15) is 12.5 Å². The van der Waals surface area contributed by atoms with E-state index >= 15 is 0 Å². The van der Waals surface area contributed by atoms with Crippen LogP contribution in [0.3, 0.4) is 0 Å². The maximum Gasteiger partial charge on any atom is 0.296 e. The Balaban J connectivity index is 1.48. The van der Waals surface area contributed by atoms with Crippen molar-refractivity contribution in [2.24, 2.45) is 0 Å². The molecule has 11 nitrogen and oxygen atoms in total. The van der Waals surface area contributed by atoms with Gasteiger partial charge in [-0.25, -0.2) is 0 Å². The molecule has 35 heavy (non-hydrogen) atoms. The van der Waals surface area contributed by atoms with Crippen molar-refractivity contribution in [3.8, 4) is 5.75 Å². The summed E-state index contributed by atoms with van der Waals surface area (Å²) in [7, 11) is 0. The molecule has 2 aromatic carbocycles. The molecule has 12 heteroatoms. The number of rotatable bonds is 10. The van der Waals surface area contributed by atoms with Gasteiger partial charge in [0.2, 0.25) is 11.9 Å². The summed E-state index contributed by atoms with van der Waals surface area (Å²) in [5.41, 5.74) is 0.970. The number of carbonyl (C=O) groups is 1. The molecule has 2 heterocycles. The lowest BCUT2D eigenvalue weighted by molar-refractivity contribution is -0.384. The minimum absolute atomic E-state index is 0.0143. The second kappa shape index (κ2) is 11.7. The van der Waals surface area contributed by atoms with Gasteiger partial charge in [0.1, 0.15) is 11.4 Å². The van der Waals surface area contributed by atoms with E-state index in [1.165, 1.54) is 23.9 Å². The van der Waals surface area contributed by atoms with Crippen LogP contribution in [-0.4, -0.2) is 64.3 Å². The number of anilines is 2. The van der Waals surface area contributed by atoms with Crippen LogP contribution in [0.15, 0.2) is 53.7 Å². The van der Waals surface area contributed by atoms with Gasteiger partial charge in [0.25, 0.3) is 5.69 Å². The summed E-state index contributed by atoms with van der Waals surface area (Å²) < 4.78 is 12.8. The molecule has 1 saturated heterocycles. The number of nitro groups is 1. The van der Waals surface area contributed by atoms with E-state index in [9.17, 15) is 14.9 Å². The Kier molecular flexibility index (Phi) is 8.16. The number of nitrogens with one attached hydrogen (secondary N) is 1. The molecule has 184 valence electrons. The smallest absolute Gasteiger partial charge is 0.296 e. The number of thioether (sulfide) groups is 1. The Morgan fingerprint density at radius 1 is 1.20 bits per heavy atom. The SMILES string of the molecule is CCOc1ccc(NC(=O)CSc2nnc(N3CCOCC3)n2Cc2ccccc2)c([N+](=O)[O-])c1. The highest BCUT2D eigenvalue weighted by molar-refractivity contribution is 7.99. The lowest BCUT2D eigenvalue weighted by Gasteiger charge is -2.28. The lowest BCUT2D eigenvalue weighted by Crippen LogP contribution is -2.38. The van der Waals surface area contributed by atoms with Crippen molar-refractivity contribution in [1.82, 2.24) is 14.8 Å². The van der Waals surface area contributed by atoms with Crippen LogP contribution in [0, 0.1) is 10.1 Å². The van der Waals surface area contributed by atoms with E-state index < -0.39 is 4.92 Å². The van der Waals surface area contributed by atoms with E-state index in [0.717, 1.165) is 11.5 Å². The molecule has 0 radical (unpaired) electrons. The van der Waals surface area contributed by atoms with Crippen molar-refractivity contribution in [3.63, 3.8) is 0 Å². The lowest BCUT2D eigenvalue weighted by atomic mass is 10.2. The summed E-state index contributed by atoms with van der Waals surface area (Å²) >= 11 is 1.23. The monoisotopic (exact) mass is 498 g/mol. The maximum atomic E-state index is 12.7. The summed E-state index contributed by atoms with van der Waals surface area (Å²) in [6.45, 7) is 5.37. The van der Waals surface area contributed by atoms with Gasteiger partial charge in [-0.2, -0.15) is 0 Å². The molecule has 1 aromatic heterocycles. The Morgan fingerprint density at radius 2 is 1.97 bits per heavy atom. The fraction of sp³-hybridized carbons (Fsp3) is 0.348. The van der Waals surface area contributed by atoms with E-state index in [2.05, 4.69) is 20.4 Å². The average Bonchev–Trinajstić information content (AvgIpc) is 3.27. The quantitative estimate of drug-likeness (QED) is 0.255. The Labute approximate surface area is 206 Å². The minimum atomic E-state index is -0.545. The van der Waals surface area contributed by atoms with Crippen LogP contribution in [0.2, 0.25) is 0 Å². The molecule has 1 N–H and O–H groups in total. The molecule has 0 aliphatic carbocycles. The third-order valence-corrected chi connectivity index (χ3v) is 6.22. The van der Waals surface area contributed by atoms with Crippen molar-refractivity contribution in [2.45, 2.75) is 18.6 Å². The standard InChI is InChI=1S/C23H26N6O5S/c1-2-34-18-8-9-19(20(14-18)29(31)32)24-21(30)16-35-23-26-25-22(27-10-12-33-13-11-27)28(23)15-17-6-4-3-5-7-17/h3-9,14H,2,10-13,15-16H2,1H3,(H,24,30). The first-order chi connectivity index (χ1) is 17.0. The van der Waals surface area contributed by atoms with E-state index in [0.29, 0.717) is 50.4 Å². The third kappa shape index (κ3) is 6.28. The van der Waals surface area contributed by atoms with Crippen molar-refractivity contribution in [1.29, 1.82) is 0 Å². The van der Waals surface area contributed by atoms with E-state index in [-0.39, 0.29) is 23.0 Å². The highest BCUT2D eigenvalue weighted by Gasteiger charge is 2.22. The second-order valence-electron chi connectivity index (χ2n) is 7.66. The summed E-state index contributed by atoms with van der Waals surface area (Å²) in [6, 6.07) is 14.3. The van der Waals surface area contributed by atoms with Crippen LogP contribution in [0.25, 0.3) is 0 Å². The number of ether oxygens (including phenoxy) is 2. The second-order valence-corrected chi connectivity index (χ2v) is 8.60. The number of carbonyl (C=O) groups excluding carboxylic acids is 1. The number of amides is 1. The zero-order valence-corrected chi connectivity index (χ0v) is 20.1. The van der Waals surface area contributed by atoms with E-state index in [1.807, 2.05) is 34.9 Å². The zero-order valence-electron chi connectivity index (χ0n) is 19.3. The molecule has 1 amide bonds. The van der Waals surface area contributed by atoms with Crippen LogP contribution in [0.5, 0.6) is 5.75 Å². The highest BCUT2D eigenvalue weighted by atomic mass is 32.2. The Bertz CT molecular complexity index is 1170. The predicted molar refractivity (Wildman–Crippen MR) is 132 cm³/mol. The number of nitrogens with zero attached hydrogens (tertiary/aromatic N) is 5. The first kappa shape index (κ1) is 24.5. The third-order valence-electron chi connectivity index (χ3n) is 5.26. The van der Waals surface area contributed by atoms with Gasteiger partial charge in [0.15, 0.2) is 5.16 Å². The van der Waals surface area contributed by atoms with Gasteiger partial charge < -0.3 is 19.7 Å². The molecule has 1 aliphatic heterocycles. The normalized spacial score (nSPS) is 13.5. The number of benzene rings is 2. The maximum absolute atomic E-state index is 12.7. The molecule has 1 fully saturated rings. The first-order valence-corrected chi connectivity index (χ1v) is 12.2. The molecular weight excluding hydrogens is 472 g/mol. The van der Waals surface area contributed by atoms with Gasteiger partial charge in [0.05, 0.1) is 43.1 Å². The molecule has 1 aliphatic rings. The van der Waals surface area contributed by atoms with Gasteiger partial charge in [-0.3, -0.25) is 19.5 Å². The van der Waals surface area contributed by atoms with E-state index in [4.69, 9.17) is 9.47 Å². The minimum Gasteiger partial charge on any atom is -0.494 e. The molecule has 0 unspecified atom stereocenters. The average molecular weight is 499 g/mol. The summed E-state index contributed by atoms with van der Waals surface area (Å²) in [6.07, 6.45) is 0. The van der Waals surface area contributed by atoms with Gasteiger partial charge in [-0.15, -0.1) is 10.2 Å². The highest BCUT2D eigenvalue weighted by Crippen LogP contribution is 2.30. The number of nitro benzene ring substituents is 1. The Hall–Kier alpha value is -3.64. The molecule has 4 rings (SSSR count). The molecule has 0 atom stereocenters. The van der Waals surface area contributed by atoms with E-state index in [1.54, 1.807) is 13.0 Å². The van der Waals surface area contributed by atoms with Crippen molar-refractivity contribution in [2.75, 3.05) is 48.9 Å². The van der Waals surface area contributed by atoms with Crippen LogP contribution < -0.4 is 15.0 Å². The number of morpholine rings is 1. The summed E-state index contributed by atoms with van der Waals surface area (Å²) in [5.74, 6) is 0.725. The van der Waals surface area contributed by atoms with Gasteiger partial charge >= 0.3 is 0 Å². The largest absolute Gasteiger partial charge is 0.494 e. The van der Waals surface area contributed by atoms with Crippen molar-refractivity contribution >= 4 is 35.0 Å².